The Kier molecular flexibility index (Phi) is 24.5. The largest absolute Gasteiger partial charge is 1.00 e. The summed E-state index contributed by atoms with van der Waals surface area (Å²) < 4.78 is 0. The number of nitrogens with one attached hydrogen (secondary N) is 1. The Morgan fingerprint density at radius 1 is 1.25 bits per heavy atom. The quantitative estimate of drug-likeness (QED) is 0.379. The molecule has 0 saturated carbocycles. The minimum Gasteiger partial charge on any atom is -1.00 e. The van der Waals surface area contributed by atoms with Gasteiger partial charge in [-0.1, -0.05) is 34.6 Å². The molecule has 1 aromatic carbocycles. The van der Waals surface area contributed by atoms with Crippen molar-refractivity contribution < 1.29 is 44.8 Å². The fourth-order valence-corrected chi connectivity index (χ4v) is 1.13. The molecule has 0 spiro atoms. The molecule has 0 amide bonds. The van der Waals surface area contributed by atoms with Crippen LogP contribution in [-0.4, -0.2) is 11.4 Å². The molecule has 1 rings (SSSR count). The first-order valence-electron chi connectivity index (χ1n) is 4.74. The maximum absolute atomic E-state index is 6.21. The van der Waals surface area contributed by atoms with Gasteiger partial charge in [-0.2, -0.15) is 34.9 Å². The van der Waals surface area contributed by atoms with Crippen LogP contribution in [0.3, 0.4) is 0 Å². The summed E-state index contributed by atoms with van der Waals surface area (Å²) >= 11 is 1.75. The van der Waals surface area contributed by atoms with Crippen molar-refractivity contribution >= 4 is 4.82 Å². The number of halogens is 2. The van der Waals surface area contributed by atoms with Crippen LogP contribution in [0.2, 0.25) is 0 Å². The third kappa shape index (κ3) is 9.68. The third-order valence-electron chi connectivity index (χ3n) is 2.18. The normalized spacial score (nSPS) is 7.06. The monoisotopic (exact) mass is 297 g/mol. The summed E-state index contributed by atoms with van der Waals surface area (Å²) in [7, 11) is 0. The van der Waals surface area contributed by atoms with E-state index >= 15 is 0 Å². The van der Waals surface area contributed by atoms with Gasteiger partial charge in [0.15, 0.2) is 0 Å². The Labute approximate surface area is 124 Å². The summed E-state index contributed by atoms with van der Waals surface area (Å²) in [6, 6.07) is 2.24. The molecule has 0 unspecified atom stereocenters. The maximum atomic E-state index is 6.21. The summed E-state index contributed by atoms with van der Waals surface area (Å²) in [5, 5.41) is 0. The van der Waals surface area contributed by atoms with Crippen molar-refractivity contribution in [3.05, 3.63) is 34.1 Å². The average Bonchev–Trinajstić information content (AvgIpc) is 2.38. The molecule has 1 N–H and O–H groups in total. The van der Waals surface area contributed by atoms with Gasteiger partial charge in [-0.3, -0.25) is 0 Å². The molecule has 1 nitrogen and oxygen atoms in total. The van der Waals surface area contributed by atoms with Gasteiger partial charge in [0.05, 0.1) is 0 Å². The van der Waals surface area contributed by atoms with Gasteiger partial charge < -0.3 is 30.5 Å². The van der Waals surface area contributed by atoms with E-state index in [1.807, 2.05) is 0 Å². The molecule has 0 heterocycles. The van der Waals surface area contributed by atoms with Crippen molar-refractivity contribution in [3.8, 4) is 0 Å². The Bertz CT molecular complexity index is 237. The van der Waals surface area contributed by atoms with Gasteiger partial charge in [-0.05, 0) is 0 Å². The zero-order valence-electron chi connectivity index (χ0n) is 10.7. The van der Waals surface area contributed by atoms with Gasteiger partial charge in [0.25, 0.3) is 0 Å². The Morgan fingerprint density at radius 3 is 1.62 bits per heavy atom. The topological polar surface area (TPSA) is 23.8 Å². The van der Waals surface area contributed by atoms with E-state index in [-0.39, 0.29) is 24.8 Å². The van der Waals surface area contributed by atoms with Crippen LogP contribution < -0.4 is 24.8 Å². The molecular weight excluding hydrogens is 277 g/mol. The van der Waals surface area contributed by atoms with Crippen molar-refractivity contribution in [1.29, 1.82) is 0 Å². The fraction of sp³-hybridized carbons (Fsp3) is 0.500. The molecule has 0 aliphatic heterocycles. The average molecular weight is 298 g/mol. The van der Waals surface area contributed by atoms with E-state index in [4.69, 9.17) is 5.73 Å². The van der Waals surface area contributed by atoms with Crippen molar-refractivity contribution in [2.24, 2.45) is 0 Å². The van der Waals surface area contributed by atoms with Gasteiger partial charge in [-0.15, -0.1) is 0 Å². The molecule has 0 atom stereocenters. The van der Waals surface area contributed by atoms with Crippen molar-refractivity contribution in [2.45, 2.75) is 34.6 Å². The minimum absolute atomic E-state index is 0. The summed E-state index contributed by atoms with van der Waals surface area (Å²) in [4.78, 5) is 3.25. The van der Waals surface area contributed by atoms with Crippen LogP contribution in [-0.2, 0) is 20.0 Å². The van der Waals surface area contributed by atoms with Crippen LogP contribution in [0.15, 0.2) is 6.07 Å². The first kappa shape index (κ1) is 25.4. The molecule has 16 heavy (non-hydrogen) atoms. The molecule has 4 heteroatoms. The first-order chi connectivity index (χ1) is 6.54. The summed E-state index contributed by atoms with van der Waals surface area (Å²) in [5.41, 5.74) is 12.0. The summed E-state index contributed by atoms with van der Waals surface area (Å²) in [6.07, 6.45) is 0. The van der Waals surface area contributed by atoms with Crippen LogP contribution in [0.4, 0.5) is 0 Å². The van der Waals surface area contributed by atoms with Crippen LogP contribution in [0.1, 0.15) is 29.2 Å². The van der Waals surface area contributed by atoms with Gasteiger partial charge in [-0.25, -0.2) is 0 Å². The Hall–Kier alpha value is 0.474. The molecule has 0 saturated heterocycles. The third-order valence-corrected chi connectivity index (χ3v) is 2.18. The van der Waals surface area contributed by atoms with Crippen LogP contribution >= 0.6 is 0 Å². The van der Waals surface area contributed by atoms with Gasteiger partial charge >= 0.3 is 24.8 Å². The van der Waals surface area contributed by atoms with E-state index in [0.717, 1.165) is 0 Å². The summed E-state index contributed by atoms with van der Waals surface area (Å²) in [6.45, 7) is 11.0. The molecule has 0 aliphatic rings. The second-order valence-electron chi connectivity index (χ2n) is 3.11. The minimum atomic E-state index is 0. The van der Waals surface area contributed by atoms with E-state index in [0.29, 0.717) is 6.54 Å². The van der Waals surface area contributed by atoms with E-state index < -0.39 is 0 Å². The zero-order valence-corrected chi connectivity index (χ0v) is 13.8. The summed E-state index contributed by atoms with van der Waals surface area (Å²) in [5.74, 6) is 0. The number of hydrogen-bond donors (Lipinski definition) is 0. The molecule has 0 bridgehead atoms. The molecular formula is C12H21Cl2NTi-4. The van der Waals surface area contributed by atoms with E-state index in [1.165, 1.54) is 22.3 Å². The number of rotatable bonds is 0. The molecule has 0 aliphatic carbocycles. The van der Waals surface area contributed by atoms with E-state index in [9.17, 15) is 0 Å². The number of hydrogen-bond acceptors (Lipinski definition) is 0. The molecule has 0 radical (unpaired) electrons. The predicted octanol–water partition coefficient (Wildman–Crippen LogP) is -2.33. The van der Waals surface area contributed by atoms with E-state index in [1.54, 1.807) is 26.9 Å². The zero-order chi connectivity index (χ0) is 11.7. The molecule has 96 valence electrons. The maximum Gasteiger partial charge on any atom is -1.00 e. The van der Waals surface area contributed by atoms with Gasteiger partial charge in [0.2, 0.25) is 0 Å². The Morgan fingerprint density at radius 2 is 1.56 bits per heavy atom. The smallest absolute Gasteiger partial charge is 1.00 e. The predicted molar refractivity (Wildman–Crippen MR) is 63.0 cm³/mol. The van der Waals surface area contributed by atoms with Gasteiger partial charge in [0, 0.05) is 0 Å². The van der Waals surface area contributed by atoms with Crippen LogP contribution in [0, 0.1) is 27.7 Å². The van der Waals surface area contributed by atoms with Crippen molar-refractivity contribution in [2.75, 3.05) is 6.54 Å². The second-order valence-corrected chi connectivity index (χ2v) is 3.11. The van der Waals surface area contributed by atoms with Crippen LogP contribution in [0.5, 0.6) is 0 Å². The van der Waals surface area contributed by atoms with Crippen LogP contribution in [0.25, 0.3) is 5.73 Å². The van der Waals surface area contributed by atoms with Crippen molar-refractivity contribution in [3.63, 3.8) is 0 Å². The molecule has 1 aromatic rings. The molecule has 0 aromatic heterocycles. The first-order valence-corrected chi connectivity index (χ1v) is 5.85. The fourth-order valence-electron chi connectivity index (χ4n) is 1.13. The van der Waals surface area contributed by atoms with Crippen molar-refractivity contribution in [1.82, 2.24) is 0 Å². The van der Waals surface area contributed by atoms with E-state index in [2.05, 4.69) is 38.6 Å². The Balaban J connectivity index is -0.0000000907. The van der Waals surface area contributed by atoms with Gasteiger partial charge in [0.1, 0.15) is 0 Å². The number of aryl methyl sites for hydroxylation is 2. The molecule has 0 fully saturated rings. The standard InChI is InChI=1S/C9H13.C2H6N.CH2.2ClH.Ti/c1-6-5-7(2)9(4)8(6)3;1-2-3;;;;/h5H,1-4H3;3H,2H2,1H3;1H2;2*1H;/q2*-1;;;;/p-2. The second kappa shape index (κ2) is 15.5. The SMILES string of the molecule is CC[NH-].Cc1c[c-](C)c(C)c1C.[CH2]=[Ti].[Cl-].[Cl-].